The predicted octanol–water partition coefficient (Wildman–Crippen LogP) is 2.56. The van der Waals surface area contributed by atoms with Crippen LogP contribution in [-0.4, -0.2) is 8.42 Å². The van der Waals surface area contributed by atoms with Gasteiger partial charge in [0.1, 0.15) is 0 Å². The summed E-state index contributed by atoms with van der Waals surface area (Å²) in [6, 6.07) is 12.3. The van der Waals surface area contributed by atoms with Crippen LogP contribution in [0.2, 0.25) is 0 Å². The Balaban J connectivity index is 2.38. The number of rotatable bonds is 4. The van der Waals surface area contributed by atoms with E-state index in [0.717, 1.165) is 16.7 Å². The summed E-state index contributed by atoms with van der Waals surface area (Å²) in [4.78, 5) is 0.259. The van der Waals surface area contributed by atoms with Crippen molar-refractivity contribution in [3.63, 3.8) is 0 Å². The van der Waals surface area contributed by atoms with Crippen LogP contribution in [-0.2, 0) is 16.6 Å². The number of nitrogens with two attached hydrogens (primary N) is 1. The Bertz CT molecular complexity index is 724. The van der Waals surface area contributed by atoms with Gasteiger partial charge < -0.3 is 5.73 Å². The lowest BCUT2D eigenvalue weighted by Gasteiger charge is -2.12. The van der Waals surface area contributed by atoms with Crippen LogP contribution < -0.4 is 10.5 Å². The van der Waals surface area contributed by atoms with E-state index < -0.39 is 10.0 Å². The average Bonchev–Trinajstić information content (AvgIpc) is 2.41. The van der Waals surface area contributed by atoms with Gasteiger partial charge >= 0.3 is 0 Å². The van der Waals surface area contributed by atoms with Gasteiger partial charge in [-0.25, -0.2) is 8.42 Å². The lowest BCUT2D eigenvalue weighted by atomic mass is 10.1. The van der Waals surface area contributed by atoms with E-state index >= 15 is 0 Å². The molecule has 0 bridgehead atoms. The van der Waals surface area contributed by atoms with Gasteiger partial charge in [0.2, 0.25) is 0 Å². The Hall–Kier alpha value is -1.85. The minimum Gasteiger partial charge on any atom is -0.326 e. The first-order valence-corrected chi connectivity index (χ1v) is 7.80. The number of aryl methyl sites for hydroxylation is 2. The Kier molecular flexibility index (Phi) is 4.11. The summed E-state index contributed by atoms with van der Waals surface area (Å²) >= 11 is 0. The minimum atomic E-state index is -3.57. The van der Waals surface area contributed by atoms with E-state index in [1.165, 1.54) is 0 Å². The number of benzene rings is 2. The summed E-state index contributed by atoms with van der Waals surface area (Å²) in [6.07, 6.45) is 0. The fraction of sp³-hybridized carbons (Fsp3) is 0.200. The van der Waals surface area contributed by atoms with Crippen molar-refractivity contribution in [2.24, 2.45) is 5.73 Å². The highest BCUT2D eigenvalue weighted by atomic mass is 32.2. The number of hydrogen-bond acceptors (Lipinski definition) is 3. The van der Waals surface area contributed by atoms with Gasteiger partial charge in [-0.05, 0) is 48.7 Å². The highest BCUT2D eigenvalue weighted by molar-refractivity contribution is 7.92. The van der Waals surface area contributed by atoms with Crippen LogP contribution in [0.5, 0.6) is 0 Å². The molecule has 2 aromatic carbocycles. The van der Waals surface area contributed by atoms with Crippen LogP contribution >= 0.6 is 0 Å². The van der Waals surface area contributed by atoms with Gasteiger partial charge in [0, 0.05) is 6.54 Å². The van der Waals surface area contributed by atoms with Crippen LogP contribution in [0.15, 0.2) is 47.4 Å². The predicted molar refractivity (Wildman–Crippen MR) is 81.1 cm³/mol. The SMILES string of the molecule is Cc1cccc(S(=O)(=O)Nc2cc(CN)ccc2C)c1. The molecule has 0 atom stereocenters. The van der Waals surface area contributed by atoms with Crippen molar-refractivity contribution in [3.8, 4) is 0 Å². The zero-order valence-electron chi connectivity index (χ0n) is 11.6. The lowest BCUT2D eigenvalue weighted by Crippen LogP contribution is -2.14. The van der Waals surface area contributed by atoms with Gasteiger partial charge in [0.05, 0.1) is 10.6 Å². The van der Waals surface area contributed by atoms with Crippen LogP contribution in [0.25, 0.3) is 0 Å². The van der Waals surface area contributed by atoms with Gasteiger partial charge in [-0.15, -0.1) is 0 Å². The van der Waals surface area contributed by atoms with Gasteiger partial charge in [0.25, 0.3) is 10.0 Å². The van der Waals surface area contributed by atoms with E-state index in [4.69, 9.17) is 5.73 Å². The second-order valence-corrected chi connectivity index (χ2v) is 6.46. The summed E-state index contributed by atoms with van der Waals surface area (Å²) < 4.78 is 27.3. The molecule has 0 saturated carbocycles. The standard InChI is InChI=1S/C15H18N2O2S/c1-11-4-3-5-14(8-11)20(18,19)17-15-9-13(10-16)7-6-12(15)2/h3-9,17H,10,16H2,1-2H3. The van der Waals surface area contributed by atoms with Crippen molar-refractivity contribution in [3.05, 3.63) is 59.2 Å². The second-order valence-electron chi connectivity index (χ2n) is 4.78. The van der Waals surface area contributed by atoms with Gasteiger partial charge in [-0.2, -0.15) is 0 Å². The summed E-state index contributed by atoms with van der Waals surface area (Å²) in [6.45, 7) is 4.09. The minimum absolute atomic E-state index is 0.259. The van der Waals surface area contributed by atoms with E-state index in [1.54, 1.807) is 24.3 Å². The topological polar surface area (TPSA) is 72.2 Å². The summed E-state index contributed by atoms with van der Waals surface area (Å²) in [5.41, 5.74) is 8.80. The van der Waals surface area contributed by atoms with Crippen LogP contribution in [0.3, 0.4) is 0 Å². The number of hydrogen-bond donors (Lipinski definition) is 2. The lowest BCUT2D eigenvalue weighted by molar-refractivity contribution is 0.601. The molecule has 0 aliphatic rings. The average molecular weight is 290 g/mol. The zero-order valence-corrected chi connectivity index (χ0v) is 12.4. The number of anilines is 1. The quantitative estimate of drug-likeness (QED) is 0.909. The Labute approximate surface area is 119 Å². The Morgan fingerprint density at radius 1 is 1.10 bits per heavy atom. The van der Waals surface area contributed by atoms with Gasteiger partial charge in [0.15, 0.2) is 0 Å². The third-order valence-electron chi connectivity index (χ3n) is 3.08. The molecule has 20 heavy (non-hydrogen) atoms. The summed E-state index contributed by atoms with van der Waals surface area (Å²) in [5.74, 6) is 0. The van der Waals surface area contributed by atoms with Gasteiger partial charge in [-0.3, -0.25) is 4.72 Å². The molecule has 0 spiro atoms. The smallest absolute Gasteiger partial charge is 0.261 e. The maximum Gasteiger partial charge on any atom is 0.261 e. The molecule has 0 aliphatic heterocycles. The summed E-state index contributed by atoms with van der Waals surface area (Å²) in [7, 11) is -3.57. The normalized spacial score (nSPS) is 11.3. The Morgan fingerprint density at radius 3 is 2.50 bits per heavy atom. The molecule has 0 unspecified atom stereocenters. The third kappa shape index (κ3) is 3.18. The molecule has 0 aromatic heterocycles. The molecule has 0 aliphatic carbocycles. The molecule has 0 radical (unpaired) electrons. The highest BCUT2D eigenvalue weighted by Gasteiger charge is 2.15. The molecule has 0 fully saturated rings. The molecular weight excluding hydrogens is 272 g/mol. The monoisotopic (exact) mass is 290 g/mol. The molecule has 3 N–H and O–H groups in total. The molecule has 106 valence electrons. The third-order valence-corrected chi connectivity index (χ3v) is 4.45. The fourth-order valence-corrected chi connectivity index (χ4v) is 3.12. The molecule has 0 amide bonds. The van der Waals surface area contributed by atoms with E-state index in [2.05, 4.69) is 4.72 Å². The van der Waals surface area contributed by atoms with E-state index in [1.807, 2.05) is 32.0 Å². The van der Waals surface area contributed by atoms with Crippen LogP contribution in [0.4, 0.5) is 5.69 Å². The first kappa shape index (κ1) is 14.6. The van der Waals surface area contributed by atoms with E-state index in [9.17, 15) is 8.42 Å². The second kappa shape index (κ2) is 5.64. The largest absolute Gasteiger partial charge is 0.326 e. The van der Waals surface area contributed by atoms with E-state index in [0.29, 0.717) is 12.2 Å². The van der Waals surface area contributed by atoms with Crippen molar-refractivity contribution in [1.82, 2.24) is 0 Å². The number of sulfonamides is 1. The molecule has 2 rings (SSSR count). The maximum atomic E-state index is 12.4. The van der Waals surface area contributed by atoms with Gasteiger partial charge in [-0.1, -0.05) is 24.3 Å². The molecule has 2 aromatic rings. The number of nitrogens with one attached hydrogen (secondary N) is 1. The van der Waals surface area contributed by atoms with Crippen molar-refractivity contribution in [2.75, 3.05) is 4.72 Å². The molecular formula is C15H18N2O2S. The Morgan fingerprint density at radius 2 is 1.85 bits per heavy atom. The van der Waals surface area contributed by atoms with E-state index in [-0.39, 0.29) is 4.90 Å². The van der Waals surface area contributed by atoms with Crippen LogP contribution in [0.1, 0.15) is 16.7 Å². The van der Waals surface area contributed by atoms with Crippen molar-refractivity contribution in [2.45, 2.75) is 25.3 Å². The van der Waals surface area contributed by atoms with Crippen molar-refractivity contribution in [1.29, 1.82) is 0 Å². The van der Waals surface area contributed by atoms with Crippen molar-refractivity contribution < 1.29 is 8.42 Å². The molecule has 0 saturated heterocycles. The summed E-state index contributed by atoms with van der Waals surface area (Å²) in [5, 5.41) is 0. The first-order chi connectivity index (χ1) is 9.42. The van der Waals surface area contributed by atoms with Crippen molar-refractivity contribution >= 4 is 15.7 Å². The fourth-order valence-electron chi connectivity index (χ4n) is 1.89. The molecule has 4 nitrogen and oxygen atoms in total. The highest BCUT2D eigenvalue weighted by Crippen LogP contribution is 2.21. The first-order valence-electron chi connectivity index (χ1n) is 6.31. The van der Waals surface area contributed by atoms with Crippen LogP contribution in [0, 0.1) is 13.8 Å². The zero-order chi connectivity index (χ0) is 14.8. The maximum absolute atomic E-state index is 12.4. The molecule has 5 heteroatoms. The molecule has 0 heterocycles.